The molecule has 9 rings (SSSR count). The molecule has 2 heterocycles. The van der Waals surface area contributed by atoms with Gasteiger partial charge in [-0.15, -0.1) is 22.7 Å². The van der Waals surface area contributed by atoms with Crippen molar-refractivity contribution in [1.82, 2.24) is 0 Å². The maximum absolute atomic E-state index is 11.2. The van der Waals surface area contributed by atoms with Gasteiger partial charge in [0.25, 0.3) is 5.70 Å². The zero-order valence-corrected chi connectivity index (χ0v) is 43.9. The van der Waals surface area contributed by atoms with Gasteiger partial charge in [0.2, 0.25) is 0 Å². The van der Waals surface area contributed by atoms with Crippen LogP contribution in [0.3, 0.4) is 0 Å². The molecule has 0 fully saturated rings. The maximum atomic E-state index is 11.2. The molecule has 0 bridgehead atoms. The molecule has 0 radical (unpaired) electrons. The van der Waals surface area contributed by atoms with Crippen LogP contribution in [0, 0.1) is 24.8 Å². The van der Waals surface area contributed by atoms with Crippen molar-refractivity contribution in [2.75, 3.05) is 4.90 Å². The van der Waals surface area contributed by atoms with E-state index < -0.39 is 11.9 Å². The van der Waals surface area contributed by atoms with Gasteiger partial charge in [0.05, 0.1) is 6.57 Å². The lowest BCUT2D eigenvalue weighted by molar-refractivity contribution is -0.133. The summed E-state index contributed by atoms with van der Waals surface area (Å²) in [4.78, 5) is 32.2. The van der Waals surface area contributed by atoms with E-state index >= 15 is 0 Å². The second-order valence-electron chi connectivity index (χ2n) is 18.0. The normalized spacial score (nSPS) is 12.1. The van der Waals surface area contributed by atoms with E-state index in [1.54, 1.807) is 53.0 Å². The third-order valence-electron chi connectivity index (χ3n) is 12.4. The summed E-state index contributed by atoms with van der Waals surface area (Å²) in [5.41, 5.74) is 13.6. The molecule has 9 heteroatoms. The lowest BCUT2D eigenvalue weighted by Gasteiger charge is -2.26. The fourth-order valence-electron chi connectivity index (χ4n) is 8.31. The molecular weight excluding hydrogens is 999 g/mol. The van der Waals surface area contributed by atoms with Crippen LogP contribution in [0.5, 0.6) is 0 Å². The Morgan fingerprint density at radius 3 is 1.19 bits per heavy atom. The molecule has 376 valence electrons. The van der Waals surface area contributed by atoms with Crippen LogP contribution in [-0.4, -0.2) is 22.2 Å². The molecule has 0 aliphatic rings. The Morgan fingerprint density at radius 2 is 0.808 bits per heavy atom. The molecular formula is C69H49N3O4S2. The Kier molecular flexibility index (Phi) is 17.1. The van der Waals surface area contributed by atoms with Gasteiger partial charge in [0, 0.05) is 36.6 Å². The third-order valence-corrected chi connectivity index (χ3v) is 14.5. The fourth-order valence-corrected chi connectivity index (χ4v) is 9.94. The largest absolute Gasteiger partial charge is 0.486 e. The summed E-state index contributed by atoms with van der Waals surface area (Å²) < 4.78 is 0. The predicted molar refractivity (Wildman–Crippen MR) is 326 cm³/mol. The van der Waals surface area contributed by atoms with Crippen LogP contribution >= 0.6 is 22.7 Å². The van der Waals surface area contributed by atoms with E-state index in [0.717, 1.165) is 81.1 Å². The summed E-state index contributed by atoms with van der Waals surface area (Å²) in [5.74, 6) is -2.49. The Labute approximate surface area is 462 Å². The highest BCUT2D eigenvalue weighted by Crippen LogP contribution is 2.37. The molecule has 0 amide bonds. The average molecular weight is 1050 g/mol. The van der Waals surface area contributed by atoms with Gasteiger partial charge >= 0.3 is 11.9 Å². The van der Waals surface area contributed by atoms with Gasteiger partial charge in [0.15, 0.2) is 0 Å². The lowest BCUT2D eigenvalue weighted by atomic mass is 9.95. The van der Waals surface area contributed by atoms with Gasteiger partial charge in [0.1, 0.15) is 11.6 Å². The van der Waals surface area contributed by atoms with Gasteiger partial charge in [-0.2, -0.15) is 5.26 Å². The first-order chi connectivity index (χ1) is 38.0. The van der Waals surface area contributed by atoms with Crippen LogP contribution in [0.25, 0.3) is 77.3 Å². The minimum atomic E-state index is -1.25. The number of thiophene rings is 2. The highest BCUT2D eigenvalue weighted by atomic mass is 32.1. The summed E-state index contributed by atoms with van der Waals surface area (Å²) in [6, 6.07) is 69.9. The van der Waals surface area contributed by atoms with Gasteiger partial charge in [-0.3, -0.25) is 4.79 Å². The van der Waals surface area contributed by atoms with E-state index in [-0.39, 0.29) is 11.3 Å². The summed E-state index contributed by atoms with van der Waals surface area (Å²) >= 11 is 3.36. The first-order valence-electron chi connectivity index (χ1n) is 24.8. The van der Waals surface area contributed by atoms with E-state index in [4.69, 9.17) is 16.9 Å². The molecule has 0 aliphatic heterocycles. The minimum Gasteiger partial charge on any atom is -0.486 e. The number of rotatable bonds is 18. The second kappa shape index (κ2) is 25.4. The van der Waals surface area contributed by atoms with Crippen molar-refractivity contribution >= 4 is 124 Å². The average Bonchev–Trinajstić information content (AvgIpc) is 4.20. The van der Waals surface area contributed by atoms with Crippen LogP contribution in [0.1, 0.15) is 75.1 Å². The number of carboxylic acids is 2. The minimum absolute atomic E-state index is 0.307. The van der Waals surface area contributed by atoms with Crippen molar-refractivity contribution in [2.24, 2.45) is 0 Å². The number of hydrogen-bond acceptors (Lipinski definition) is 6. The van der Waals surface area contributed by atoms with Crippen molar-refractivity contribution in [3.8, 4) is 6.07 Å². The number of carboxylic acid groups (broad SMARTS) is 2. The van der Waals surface area contributed by atoms with Crippen molar-refractivity contribution in [3.63, 3.8) is 0 Å². The van der Waals surface area contributed by atoms with Crippen molar-refractivity contribution in [1.29, 1.82) is 5.26 Å². The maximum Gasteiger partial charge on any atom is 0.346 e. The molecule has 2 aromatic heterocycles. The van der Waals surface area contributed by atoms with Crippen LogP contribution in [0.2, 0.25) is 0 Å². The number of hydrogen-bond donors (Lipinski definition) is 2. The molecule has 7 nitrogen and oxygen atoms in total. The molecule has 2 N–H and O–H groups in total. The molecule has 0 unspecified atom stereocenters. The lowest BCUT2D eigenvalue weighted by Crippen LogP contribution is -2.09. The summed E-state index contributed by atoms with van der Waals surface area (Å²) in [7, 11) is 0. The highest BCUT2D eigenvalue weighted by Gasteiger charge is 2.14. The Balaban J connectivity index is 0.926. The van der Waals surface area contributed by atoms with E-state index in [0.29, 0.717) is 11.1 Å². The SMILES string of the molecule is [C-]#[N+]/C(=C\c1ccc(/C=C/c2ccc(/C=C/c3ccc(N(c4ccc(/C=C(/c5ccccc5)c5ccc(C)cc5)cc4)c4ccc(/C=C/c5ccc(/C=C/c6ccc(/C=C(\C#N)C(=O)O)cc6)s5)cc4)cc3)s2)cc1)C(=O)O. The van der Waals surface area contributed by atoms with Crippen LogP contribution in [-0.2, 0) is 9.59 Å². The van der Waals surface area contributed by atoms with Crippen molar-refractivity contribution < 1.29 is 19.8 Å². The van der Waals surface area contributed by atoms with Crippen molar-refractivity contribution in [2.45, 2.75) is 6.92 Å². The Hall–Kier alpha value is -10.2. The predicted octanol–water partition coefficient (Wildman–Crippen LogP) is 18.2. The Morgan fingerprint density at radius 1 is 0.449 bits per heavy atom. The molecule has 0 atom stereocenters. The number of anilines is 3. The van der Waals surface area contributed by atoms with Crippen LogP contribution < -0.4 is 4.90 Å². The Bertz CT molecular complexity index is 3690. The van der Waals surface area contributed by atoms with E-state index in [9.17, 15) is 14.7 Å². The first-order valence-corrected chi connectivity index (χ1v) is 26.4. The molecule has 78 heavy (non-hydrogen) atoms. The van der Waals surface area contributed by atoms with E-state index in [1.807, 2.05) is 42.5 Å². The number of benzene rings is 7. The number of aryl methyl sites for hydroxylation is 1. The molecule has 0 saturated heterocycles. The van der Waals surface area contributed by atoms with Gasteiger partial charge in [-0.05, 0) is 166 Å². The quantitative estimate of drug-likeness (QED) is 0.0384. The standard InChI is InChI=1S/C69H49N3O4S2/c1-48-8-28-57(29-9-48)66(56-6-4-3-5-7-56)45-54-22-34-61(35-23-54)72(59-30-18-51(19-31-59)26-38-64-42-40-62(77-64)36-24-49-10-14-53(15-11-49)44-58(47-70)68(73)74)60-32-20-52(21-33-60)27-39-65-43-41-63(78-65)37-25-50-12-16-55(17-13-50)46-67(71-2)69(75)76/h3-46H,1H3,(H,73,74)(H,75,76)/b36-24+,37-25+,38-26+,39-27+,58-44+,66-45-,67-46-. The molecule has 0 spiro atoms. The van der Waals surface area contributed by atoms with Crippen LogP contribution in [0.15, 0.2) is 211 Å². The zero-order valence-electron chi connectivity index (χ0n) is 42.3. The smallest absolute Gasteiger partial charge is 0.346 e. The monoisotopic (exact) mass is 1050 g/mol. The second-order valence-corrected chi connectivity index (χ2v) is 20.3. The molecule has 9 aromatic rings. The number of nitrogens with zero attached hydrogens (tertiary/aromatic N) is 3. The number of nitriles is 1. The van der Waals surface area contributed by atoms with Gasteiger partial charge in [-0.1, -0.05) is 169 Å². The van der Waals surface area contributed by atoms with Gasteiger partial charge < -0.3 is 15.1 Å². The number of aliphatic carboxylic acids is 2. The molecule has 7 aromatic carbocycles. The third kappa shape index (κ3) is 14.2. The number of carbonyl (C=O) groups is 2. The van der Waals surface area contributed by atoms with Gasteiger partial charge in [-0.25, -0.2) is 9.64 Å². The fraction of sp³-hybridized carbons (Fsp3) is 0.0145. The highest BCUT2D eigenvalue weighted by molar-refractivity contribution is 7.14. The summed E-state index contributed by atoms with van der Waals surface area (Å²) in [6.07, 6.45) is 21.6. The summed E-state index contributed by atoms with van der Waals surface area (Å²) in [6.45, 7) is 9.19. The molecule has 0 saturated carbocycles. The van der Waals surface area contributed by atoms with Crippen molar-refractivity contribution in [3.05, 3.63) is 298 Å². The van der Waals surface area contributed by atoms with E-state index in [1.165, 1.54) is 17.7 Å². The first kappa shape index (κ1) is 52.7. The zero-order chi connectivity index (χ0) is 54.2. The molecule has 0 aliphatic carbocycles. The van der Waals surface area contributed by atoms with Crippen LogP contribution in [0.4, 0.5) is 17.1 Å². The van der Waals surface area contributed by atoms with E-state index in [2.05, 4.69) is 205 Å². The summed E-state index contributed by atoms with van der Waals surface area (Å²) in [5, 5.41) is 27.4. The topological polar surface area (TPSA) is 106 Å².